The summed E-state index contributed by atoms with van der Waals surface area (Å²) in [4.78, 5) is 32.1. The second-order valence-corrected chi connectivity index (χ2v) is 7.53. The standard InChI is InChI=1S/C21H30N4O2/c1-5-6-22-19(26)13-24-7-9-25(10-8-24)21(27)18-12-17-15(3)11-14(2)16(4)20(17)23-18/h11-12,23H,5-10,13H2,1-4H3,(H,22,26). The van der Waals surface area contributed by atoms with Gasteiger partial charge in [-0.3, -0.25) is 14.5 Å². The fraction of sp³-hybridized carbons (Fsp3) is 0.524. The van der Waals surface area contributed by atoms with Gasteiger partial charge in [-0.1, -0.05) is 13.0 Å². The van der Waals surface area contributed by atoms with E-state index >= 15 is 0 Å². The van der Waals surface area contributed by atoms with E-state index in [0.717, 1.165) is 37.0 Å². The Bertz CT molecular complexity index is 847. The first-order chi connectivity index (χ1) is 12.9. The fourth-order valence-electron chi connectivity index (χ4n) is 3.69. The minimum Gasteiger partial charge on any atom is -0.355 e. The predicted molar refractivity (Wildman–Crippen MR) is 108 cm³/mol. The van der Waals surface area contributed by atoms with Crippen molar-refractivity contribution in [3.63, 3.8) is 0 Å². The maximum Gasteiger partial charge on any atom is 0.270 e. The zero-order valence-electron chi connectivity index (χ0n) is 16.8. The lowest BCUT2D eigenvalue weighted by molar-refractivity contribution is -0.122. The van der Waals surface area contributed by atoms with Crippen LogP contribution in [0.4, 0.5) is 0 Å². The van der Waals surface area contributed by atoms with Gasteiger partial charge in [0.15, 0.2) is 0 Å². The first kappa shape index (κ1) is 19.4. The number of nitrogens with zero attached hydrogens (tertiary/aromatic N) is 2. The van der Waals surface area contributed by atoms with Gasteiger partial charge in [-0.05, 0) is 49.9 Å². The Balaban J connectivity index is 1.64. The van der Waals surface area contributed by atoms with Gasteiger partial charge < -0.3 is 15.2 Å². The van der Waals surface area contributed by atoms with Crippen molar-refractivity contribution in [1.29, 1.82) is 0 Å². The van der Waals surface area contributed by atoms with Crippen molar-refractivity contribution in [2.75, 3.05) is 39.3 Å². The van der Waals surface area contributed by atoms with E-state index < -0.39 is 0 Å². The van der Waals surface area contributed by atoms with E-state index in [9.17, 15) is 9.59 Å². The maximum absolute atomic E-state index is 12.9. The molecule has 1 aromatic heterocycles. The van der Waals surface area contributed by atoms with E-state index in [1.807, 2.05) is 17.9 Å². The molecular weight excluding hydrogens is 340 g/mol. The Kier molecular flexibility index (Phi) is 5.85. The highest BCUT2D eigenvalue weighted by Gasteiger charge is 2.24. The second kappa shape index (κ2) is 8.13. The largest absolute Gasteiger partial charge is 0.355 e. The Morgan fingerprint density at radius 1 is 1.07 bits per heavy atom. The summed E-state index contributed by atoms with van der Waals surface area (Å²) in [7, 11) is 0. The van der Waals surface area contributed by atoms with E-state index in [-0.39, 0.29) is 11.8 Å². The summed E-state index contributed by atoms with van der Waals surface area (Å²) in [5, 5.41) is 4.02. The van der Waals surface area contributed by atoms with E-state index in [1.54, 1.807) is 0 Å². The lowest BCUT2D eigenvalue weighted by Gasteiger charge is -2.34. The first-order valence-corrected chi connectivity index (χ1v) is 9.78. The smallest absolute Gasteiger partial charge is 0.270 e. The van der Waals surface area contributed by atoms with Crippen molar-refractivity contribution in [1.82, 2.24) is 20.1 Å². The molecule has 0 bridgehead atoms. The number of carbonyl (C=O) groups excluding carboxylic acids is 2. The van der Waals surface area contributed by atoms with Crippen LogP contribution in [-0.2, 0) is 4.79 Å². The number of nitrogens with one attached hydrogen (secondary N) is 2. The zero-order valence-corrected chi connectivity index (χ0v) is 16.8. The molecule has 27 heavy (non-hydrogen) atoms. The highest BCUT2D eigenvalue weighted by molar-refractivity contribution is 6.00. The van der Waals surface area contributed by atoms with Gasteiger partial charge in [-0.2, -0.15) is 0 Å². The Hall–Kier alpha value is -2.34. The van der Waals surface area contributed by atoms with Crippen LogP contribution >= 0.6 is 0 Å². The van der Waals surface area contributed by atoms with Crippen LogP contribution in [0.15, 0.2) is 12.1 Å². The molecular formula is C21H30N4O2. The molecule has 2 N–H and O–H groups in total. The Morgan fingerprint density at radius 3 is 2.44 bits per heavy atom. The summed E-state index contributed by atoms with van der Waals surface area (Å²) in [6.07, 6.45) is 0.941. The van der Waals surface area contributed by atoms with Crippen molar-refractivity contribution in [2.45, 2.75) is 34.1 Å². The van der Waals surface area contributed by atoms with Gasteiger partial charge in [0.2, 0.25) is 5.91 Å². The minimum absolute atomic E-state index is 0.0396. The number of hydrogen-bond donors (Lipinski definition) is 2. The average molecular weight is 370 g/mol. The molecule has 0 atom stereocenters. The normalized spacial score (nSPS) is 15.3. The molecule has 1 aliphatic heterocycles. The van der Waals surface area contributed by atoms with Crippen LogP contribution in [0.1, 0.15) is 40.5 Å². The Labute approximate surface area is 160 Å². The van der Waals surface area contributed by atoms with Gasteiger partial charge in [-0.15, -0.1) is 0 Å². The summed E-state index contributed by atoms with van der Waals surface area (Å²) in [6, 6.07) is 4.14. The van der Waals surface area contributed by atoms with E-state index in [1.165, 1.54) is 16.7 Å². The lowest BCUT2D eigenvalue weighted by atomic mass is 10.0. The molecule has 1 fully saturated rings. The van der Waals surface area contributed by atoms with Crippen LogP contribution in [0.3, 0.4) is 0 Å². The third-order valence-electron chi connectivity index (χ3n) is 5.47. The number of benzene rings is 1. The van der Waals surface area contributed by atoms with Crippen molar-refractivity contribution >= 4 is 22.7 Å². The summed E-state index contributed by atoms with van der Waals surface area (Å²) in [5.41, 5.74) is 5.32. The highest BCUT2D eigenvalue weighted by atomic mass is 16.2. The molecule has 146 valence electrons. The predicted octanol–water partition coefficient (Wildman–Crippen LogP) is 2.38. The molecule has 6 nitrogen and oxygen atoms in total. The summed E-state index contributed by atoms with van der Waals surface area (Å²) in [6.45, 7) is 12.2. The molecule has 1 aromatic carbocycles. The van der Waals surface area contributed by atoms with E-state index in [4.69, 9.17) is 0 Å². The van der Waals surface area contributed by atoms with E-state index in [2.05, 4.69) is 42.0 Å². The van der Waals surface area contributed by atoms with Gasteiger partial charge in [-0.25, -0.2) is 0 Å². The molecule has 2 amide bonds. The second-order valence-electron chi connectivity index (χ2n) is 7.53. The summed E-state index contributed by atoms with van der Waals surface area (Å²) in [5.74, 6) is 0.103. The van der Waals surface area contributed by atoms with Crippen LogP contribution in [0, 0.1) is 20.8 Å². The number of aromatic nitrogens is 1. The molecule has 1 saturated heterocycles. The third kappa shape index (κ3) is 4.16. The van der Waals surface area contributed by atoms with Crippen LogP contribution in [0.25, 0.3) is 10.9 Å². The molecule has 0 radical (unpaired) electrons. The van der Waals surface area contributed by atoms with Crippen LogP contribution < -0.4 is 5.32 Å². The van der Waals surface area contributed by atoms with Gasteiger partial charge >= 0.3 is 0 Å². The number of H-pyrrole nitrogens is 1. The molecule has 0 saturated carbocycles. The van der Waals surface area contributed by atoms with Gasteiger partial charge in [0.25, 0.3) is 5.91 Å². The van der Waals surface area contributed by atoms with Crippen molar-refractivity contribution in [3.8, 4) is 0 Å². The zero-order chi connectivity index (χ0) is 19.6. The molecule has 2 aromatic rings. The molecule has 0 aliphatic carbocycles. The first-order valence-electron chi connectivity index (χ1n) is 9.78. The fourth-order valence-corrected chi connectivity index (χ4v) is 3.69. The number of piperazine rings is 1. The number of fused-ring (bicyclic) bond motifs is 1. The number of amides is 2. The summed E-state index contributed by atoms with van der Waals surface area (Å²) >= 11 is 0. The lowest BCUT2D eigenvalue weighted by Crippen LogP contribution is -2.51. The molecule has 1 aliphatic rings. The Morgan fingerprint density at radius 2 is 1.78 bits per heavy atom. The minimum atomic E-state index is 0.0396. The summed E-state index contributed by atoms with van der Waals surface area (Å²) < 4.78 is 0. The number of aromatic amines is 1. The number of hydrogen-bond acceptors (Lipinski definition) is 3. The van der Waals surface area contributed by atoms with Gasteiger partial charge in [0, 0.05) is 43.6 Å². The monoisotopic (exact) mass is 370 g/mol. The van der Waals surface area contributed by atoms with Crippen molar-refractivity contribution < 1.29 is 9.59 Å². The van der Waals surface area contributed by atoms with Crippen LogP contribution in [0.2, 0.25) is 0 Å². The number of carbonyl (C=O) groups is 2. The van der Waals surface area contributed by atoms with Gasteiger partial charge in [0.1, 0.15) is 5.69 Å². The number of aryl methyl sites for hydroxylation is 3. The molecule has 2 heterocycles. The van der Waals surface area contributed by atoms with Crippen LogP contribution in [0.5, 0.6) is 0 Å². The SMILES string of the molecule is CCCNC(=O)CN1CCN(C(=O)c2cc3c(C)cc(C)c(C)c3[nH]2)CC1. The van der Waals surface area contributed by atoms with Crippen LogP contribution in [-0.4, -0.2) is 65.9 Å². The quantitative estimate of drug-likeness (QED) is 0.849. The third-order valence-corrected chi connectivity index (χ3v) is 5.47. The molecule has 3 rings (SSSR count). The van der Waals surface area contributed by atoms with Crippen molar-refractivity contribution in [3.05, 3.63) is 34.5 Å². The topological polar surface area (TPSA) is 68.4 Å². The van der Waals surface area contributed by atoms with Crippen molar-refractivity contribution in [2.24, 2.45) is 0 Å². The average Bonchev–Trinajstić information content (AvgIpc) is 3.11. The molecule has 0 spiro atoms. The number of rotatable bonds is 5. The highest BCUT2D eigenvalue weighted by Crippen LogP contribution is 2.26. The van der Waals surface area contributed by atoms with E-state index in [0.29, 0.717) is 25.3 Å². The molecule has 0 unspecified atom stereocenters. The molecule has 6 heteroatoms. The van der Waals surface area contributed by atoms with Gasteiger partial charge in [0.05, 0.1) is 6.54 Å². The maximum atomic E-state index is 12.9.